The van der Waals surface area contributed by atoms with Crippen molar-refractivity contribution in [2.75, 3.05) is 18.6 Å². The molecule has 1 heterocycles. The number of rotatable bonds is 6. The molecule has 0 spiro atoms. The summed E-state index contributed by atoms with van der Waals surface area (Å²) in [5.74, 6) is -0.534. The molecule has 6 heteroatoms. The Balaban J connectivity index is 1.92. The van der Waals surface area contributed by atoms with Crippen molar-refractivity contribution in [3.8, 4) is 5.75 Å². The average Bonchev–Trinajstić information content (AvgIpc) is 2.70. The number of nitrogens with one attached hydrogen (secondary N) is 1. The molecule has 2 aromatic carbocycles. The molecule has 3 rings (SSSR count). The fourth-order valence-electron chi connectivity index (χ4n) is 3.90. The molecule has 30 heavy (non-hydrogen) atoms. The fraction of sp³-hybridized carbons (Fsp3) is 0.333. The van der Waals surface area contributed by atoms with Crippen LogP contribution in [0.5, 0.6) is 5.75 Å². The van der Waals surface area contributed by atoms with Crippen LogP contribution in [0.3, 0.4) is 0 Å². The lowest BCUT2D eigenvalue weighted by atomic mass is 9.87. The van der Waals surface area contributed by atoms with Gasteiger partial charge in [-0.05, 0) is 51.0 Å². The van der Waals surface area contributed by atoms with Crippen LogP contribution in [-0.2, 0) is 0 Å². The monoisotopic (exact) mass is 409 g/mol. The van der Waals surface area contributed by atoms with E-state index in [1.165, 1.54) is 30.0 Å². The van der Waals surface area contributed by atoms with Crippen LogP contribution in [-0.4, -0.2) is 31.3 Å². The summed E-state index contributed by atoms with van der Waals surface area (Å²) in [6, 6.07) is 9.82. The highest BCUT2D eigenvalue weighted by Crippen LogP contribution is 2.41. The molecule has 1 amide bonds. The van der Waals surface area contributed by atoms with E-state index < -0.39 is 11.7 Å². The van der Waals surface area contributed by atoms with Gasteiger partial charge < -0.3 is 9.64 Å². The second kappa shape index (κ2) is 8.69. The summed E-state index contributed by atoms with van der Waals surface area (Å²) in [6.45, 7) is 9.60. The van der Waals surface area contributed by atoms with Crippen LogP contribution in [0.15, 0.2) is 47.6 Å². The smallest absolute Gasteiger partial charge is 0.274 e. The number of carbonyl (C=O) groups is 1. The summed E-state index contributed by atoms with van der Waals surface area (Å²) in [5, 5.41) is 4.02. The van der Waals surface area contributed by atoms with Gasteiger partial charge in [0.2, 0.25) is 0 Å². The van der Waals surface area contributed by atoms with Gasteiger partial charge in [-0.2, -0.15) is 5.10 Å². The van der Waals surface area contributed by atoms with Gasteiger partial charge in [0.05, 0.1) is 24.4 Å². The van der Waals surface area contributed by atoms with Gasteiger partial charge in [-0.3, -0.25) is 4.79 Å². The van der Waals surface area contributed by atoms with Crippen LogP contribution in [0.2, 0.25) is 0 Å². The van der Waals surface area contributed by atoms with E-state index in [4.69, 9.17) is 4.74 Å². The lowest BCUT2D eigenvalue weighted by Gasteiger charge is -2.43. The Morgan fingerprint density at radius 3 is 2.70 bits per heavy atom. The van der Waals surface area contributed by atoms with Gasteiger partial charge in [0.1, 0.15) is 11.6 Å². The zero-order valence-electron chi connectivity index (χ0n) is 18.1. The van der Waals surface area contributed by atoms with Crippen LogP contribution in [0.4, 0.5) is 10.1 Å². The molecule has 0 saturated heterocycles. The van der Waals surface area contributed by atoms with Crippen molar-refractivity contribution >= 4 is 23.4 Å². The van der Waals surface area contributed by atoms with E-state index in [1.54, 1.807) is 13.2 Å². The van der Waals surface area contributed by atoms with Crippen molar-refractivity contribution in [2.24, 2.45) is 5.10 Å². The van der Waals surface area contributed by atoms with Gasteiger partial charge in [-0.25, -0.2) is 9.82 Å². The third-order valence-electron chi connectivity index (χ3n) is 5.26. The molecule has 0 fully saturated rings. The van der Waals surface area contributed by atoms with E-state index in [0.717, 1.165) is 29.8 Å². The Morgan fingerprint density at radius 1 is 1.30 bits per heavy atom. The Morgan fingerprint density at radius 2 is 2.03 bits per heavy atom. The van der Waals surface area contributed by atoms with E-state index in [9.17, 15) is 9.18 Å². The van der Waals surface area contributed by atoms with Gasteiger partial charge in [-0.15, -0.1) is 0 Å². The topological polar surface area (TPSA) is 53.9 Å². The second-order valence-corrected chi connectivity index (χ2v) is 7.92. The molecular formula is C24H28FN3O2. The Labute approximate surface area is 177 Å². The minimum Gasteiger partial charge on any atom is -0.496 e. The molecule has 1 N–H and O–H groups in total. The number of anilines is 1. The summed E-state index contributed by atoms with van der Waals surface area (Å²) >= 11 is 0. The number of methoxy groups -OCH3 is 1. The number of allylic oxidation sites excluding steroid dienone is 1. The number of fused-ring (bicyclic) bond motifs is 1. The first kappa shape index (κ1) is 21.6. The summed E-state index contributed by atoms with van der Waals surface area (Å²) in [4.78, 5) is 14.5. The molecule has 0 atom stereocenters. The lowest BCUT2D eigenvalue weighted by Crippen LogP contribution is -2.45. The van der Waals surface area contributed by atoms with Crippen LogP contribution in [0, 0.1) is 5.82 Å². The molecule has 0 aromatic heterocycles. The maximum Gasteiger partial charge on any atom is 0.274 e. The van der Waals surface area contributed by atoms with Crippen molar-refractivity contribution in [3.05, 3.63) is 65.0 Å². The molecule has 2 aromatic rings. The van der Waals surface area contributed by atoms with Crippen LogP contribution in [0.1, 0.15) is 55.6 Å². The van der Waals surface area contributed by atoms with Crippen molar-refractivity contribution in [3.63, 3.8) is 0 Å². The number of hydrazone groups is 1. The minimum absolute atomic E-state index is 0.0525. The van der Waals surface area contributed by atoms with Crippen LogP contribution in [0.25, 0.3) is 5.57 Å². The molecule has 5 nitrogen and oxygen atoms in total. The number of halogens is 1. The maximum absolute atomic E-state index is 13.8. The minimum atomic E-state index is -0.603. The predicted molar refractivity (Wildman–Crippen MR) is 120 cm³/mol. The van der Waals surface area contributed by atoms with Crippen molar-refractivity contribution in [2.45, 2.75) is 39.7 Å². The summed E-state index contributed by atoms with van der Waals surface area (Å²) in [6.07, 6.45) is 4.82. The third kappa shape index (κ3) is 4.22. The van der Waals surface area contributed by atoms with E-state index in [2.05, 4.69) is 49.2 Å². The summed E-state index contributed by atoms with van der Waals surface area (Å²) in [5.41, 5.74) is 6.36. The SMILES string of the molecule is CCCN1c2cc(OC)c(/C=N\NC(=O)c3ccccc3F)cc2C(C)=CC1(C)C. The summed E-state index contributed by atoms with van der Waals surface area (Å²) in [7, 11) is 1.61. The molecule has 0 radical (unpaired) electrons. The maximum atomic E-state index is 13.8. The van der Waals surface area contributed by atoms with E-state index in [-0.39, 0.29) is 11.1 Å². The molecule has 0 unspecified atom stereocenters. The summed E-state index contributed by atoms with van der Waals surface area (Å²) < 4.78 is 19.4. The Bertz CT molecular complexity index is 1010. The number of hydrogen-bond donors (Lipinski definition) is 1. The first-order valence-electron chi connectivity index (χ1n) is 10.1. The normalized spacial score (nSPS) is 15.0. The highest BCUT2D eigenvalue weighted by Gasteiger charge is 2.31. The van der Waals surface area contributed by atoms with Crippen LogP contribution < -0.4 is 15.1 Å². The van der Waals surface area contributed by atoms with Crippen molar-refractivity contribution < 1.29 is 13.9 Å². The van der Waals surface area contributed by atoms with Gasteiger partial charge >= 0.3 is 0 Å². The first-order valence-corrected chi connectivity index (χ1v) is 10.1. The van der Waals surface area contributed by atoms with Gasteiger partial charge in [0, 0.05) is 29.4 Å². The highest BCUT2D eigenvalue weighted by molar-refractivity contribution is 5.96. The largest absolute Gasteiger partial charge is 0.496 e. The second-order valence-electron chi connectivity index (χ2n) is 7.92. The number of hydrogen-bond acceptors (Lipinski definition) is 4. The third-order valence-corrected chi connectivity index (χ3v) is 5.26. The molecule has 1 aliphatic rings. The highest BCUT2D eigenvalue weighted by atomic mass is 19.1. The fourth-order valence-corrected chi connectivity index (χ4v) is 3.90. The van der Waals surface area contributed by atoms with E-state index >= 15 is 0 Å². The van der Waals surface area contributed by atoms with E-state index in [0.29, 0.717) is 5.75 Å². The van der Waals surface area contributed by atoms with Gasteiger partial charge in [-0.1, -0.05) is 25.1 Å². The number of carbonyl (C=O) groups excluding carboxylic acids is 1. The zero-order valence-corrected chi connectivity index (χ0v) is 18.1. The number of ether oxygens (including phenoxy) is 1. The zero-order chi connectivity index (χ0) is 21.9. The molecular weight excluding hydrogens is 381 g/mol. The van der Waals surface area contributed by atoms with Crippen molar-refractivity contribution in [1.82, 2.24) is 5.43 Å². The molecule has 0 saturated carbocycles. The molecule has 0 bridgehead atoms. The molecule has 1 aliphatic heterocycles. The average molecular weight is 410 g/mol. The predicted octanol–water partition coefficient (Wildman–Crippen LogP) is 5.01. The Kier molecular flexibility index (Phi) is 6.25. The number of nitrogens with zero attached hydrogens (tertiary/aromatic N) is 2. The lowest BCUT2D eigenvalue weighted by molar-refractivity contribution is 0.0951. The van der Waals surface area contributed by atoms with Crippen molar-refractivity contribution in [1.29, 1.82) is 0 Å². The first-order chi connectivity index (χ1) is 14.3. The Hall–Kier alpha value is -3.15. The van der Waals surface area contributed by atoms with Gasteiger partial charge in [0.15, 0.2) is 0 Å². The van der Waals surface area contributed by atoms with Gasteiger partial charge in [0.25, 0.3) is 5.91 Å². The quantitative estimate of drug-likeness (QED) is 0.539. The standard InChI is InChI=1S/C24H28FN3O2/c1-6-11-28-21-13-22(30-5)17(12-19(21)16(2)14-24(28,3)4)15-26-27-23(29)18-9-7-8-10-20(18)25/h7-10,12-15H,6,11H2,1-5H3,(H,27,29)/b26-15-. The molecule has 0 aliphatic carbocycles. The number of amides is 1. The van der Waals surface area contributed by atoms with Crippen LogP contribution >= 0.6 is 0 Å². The molecule has 158 valence electrons. The number of benzene rings is 2. The van der Waals surface area contributed by atoms with E-state index in [1.807, 2.05) is 12.1 Å².